The van der Waals surface area contributed by atoms with Gasteiger partial charge < -0.3 is 10.6 Å². The zero-order valence-corrected chi connectivity index (χ0v) is 12.7. The van der Waals surface area contributed by atoms with Crippen LogP contribution in [0.2, 0.25) is 0 Å². The van der Waals surface area contributed by atoms with Gasteiger partial charge in [-0.3, -0.25) is 4.90 Å². The Morgan fingerprint density at radius 2 is 2.19 bits per heavy atom. The van der Waals surface area contributed by atoms with Gasteiger partial charge in [0.05, 0.1) is 0 Å². The Balaban J connectivity index is 1.74. The summed E-state index contributed by atoms with van der Waals surface area (Å²) in [6.07, 6.45) is 1.04. The van der Waals surface area contributed by atoms with E-state index in [-0.39, 0.29) is 17.9 Å². The van der Waals surface area contributed by atoms with Crippen LogP contribution in [0, 0.1) is 11.7 Å². The molecule has 5 heteroatoms. The summed E-state index contributed by atoms with van der Waals surface area (Å²) in [7, 11) is 0. The van der Waals surface area contributed by atoms with Crippen LogP contribution in [0.3, 0.4) is 0 Å². The van der Waals surface area contributed by atoms with E-state index in [1.807, 2.05) is 26.0 Å². The van der Waals surface area contributed by atoms with Crippen LogP contribution < -0.4 is 10.6 Å². The number of halogens is 1. The first-order valence-corrected chi connectivity index (χ1v) is 7.54. The molecule has 1 aromatic rings. The van der Waals surface area contributed by atoms with E-state index in [2.05, 4.69) is 15.5 Å². The molecule has 1 atom stereocenters. The Labute approximate surface area is 125 Å². The van der Waals surface area contributed by atoms with E-state index in [0.717, 1.165) is 25.1 Å². The zero-order chi connectivity index (χ0) is 15.2. The molecule has 2 N–H and O–H groups in total. The highest BCUT2D eigenvalue weighted by Crippen LogP contribution is 2.19. The second kappa shape index (κ2) is 7.41. The molecule has 0 aliphatic carbocycles. The summed E-state index contributed by atoms with van der Waals surface area (Å²) < 4.78 is 13.6. The molecule has 1 aliphatic rings. The quantitative estimate of drug-likeness (QED) is 0.875. The third-order valence-corrected chi connectivity index (χ3v) is 3.69. The summed E-state index contributed by atoms with van der Waals surface area (Å²) >= 11 is 0. The van der Waals surface area contributed by atoms with Gasteiger partial charge in [-0.25, -0.2) is 9.18 Å². The molecule has 1 aromatic carbocycles. The van der Waals surface area contributed by atoms with Crippen molar-refractivity contribution in [1.29, 1.82) is 0 Å². The number of likely N-dealkylation sites (tertiary alicyclic amines) is 1. The highest BCUT2D eigenvalue weighted by Gasteiger charge is 2.23. The number of nitrogens with one attached hydrogen (secondary N) is 2. The number of hydrogen-bond acceptors (Lipinski definition) is 2. The highest BCUT2D eigenvalue weighted by molar-refractivity contribution is 5.74. The zero-order valence-electron chi connectivity index (χ0n) is 12.7. The van der Waals surface area contributed by atoms with Gasteiger partial charge in [0, 0.05) is 31.2 Å². The first kappa shape index (κ1) is 15.8. The normalized spacial score (nSPS) is 19.0. The first-order chi connectivity index (χ1) is 10.0. The lowest BCUT2D eigenvalue weighted by molar-refractivity contribution is 0.236. The summed E-state index contributed by atoms with van der Waals surface area (Å²) in [6.45, 7) is 7.03. The Hall–Kier alpha value is -1.62. The average molecular weight is 293 g/mol. The van der Waals surface area contributed by atoms with Gasteiger partial charge in [-0.05, 0) is 38.8 Å². The Kier molecular flexibility index (Phi) is 5.56. The topological polar surface area (TPSA) is 44.4 Å². The molecule has 0 aromatic heterocycles. The summed E-state index contributed by atoms with van der Waals surface area (Å²) in [5.41, 5.74) is 0.740. The van der Waals surface area contributed by atoms with Gasteiger partial charge in [-0.2, -0.15) is 0 Å². The van der Waals surface area contributed by atoms with E-state index in [1.54, 1.807) is 6.07 Å². The Morgan fingerprint density at radius 1 is 1.43 bits per heavy atom. The second-order valence-electron chi connectivity index (χ2n) is 5.99. The van der Waals surface area contributed by atoms with Gasteiger partial charge in [-0.1, -0.05) is 18.2 Å². The highest BCUT2D eigenvalue weighted by atomic mass is 19.1. The van der Waals surface area contributed by atoms with Crippen molar-refractivity contribution in [2.75, 3.05) is 19.6 Å². The number of hydrogen-bond donors (Lipinski definition) is 2. The van der Waals surface area contributed by atoms with Crippen LogP contribution in [0.4, 0.5) is 9.18 Å². The molecular weight excluding hydrogens is 269 g/mol. The smallest absolute Gasteiger partial charge is 0.314 e. The lowest BCUT2D eigenvalue weighted by Crippen LogP contribution is -2.41. The maximum absolute atomic E-state index is 13.6. The molecule has 0 saturated carbocycles. The van der Waals surface area contributed by atoms with Crippen molar-refractivity contribution in [2.24, 2.45) is 5.92 Å². The Bertz CT molecular complexity index is 478. The minimum Gasteiger partial charge on any atom is -0.338 e. The first-order valence-electron chi connectivity index (χ1n) is 7.54. The third kappa shape index (κ3) is 5.01. The number of carbonyl (C=O) groups excluding carboxylic acids is 1. The fourth-order valence-corrected chi connectivity index (χ4v) is 2.64. The molecule has 21 heavy (non-hydrogen) atoms. The molecule has 0 bridgehead atoms. The van der Waals surface area contributed by atoms with Crippen LogP contribution in [0.25, 0.3) is 0 Å². The van der Waals surface area contributed by atoms with Gasteiger partial charge in [0.1, 0.15) is 5.82 Å². The van der Waals surface area contributed by atoms with Crippen LogP contribution in [0.15, 0.2) is 24.3 Å². The summed E-state index contributed by atoms with van der Waals surface area (Å²) in [6, 6.07) is 6.94. The molecular formula is C16H24FN3O. The standard InChI is InChI=1S/C16H24FN3O/c1-12(2)19-16(21)18-9-13-7-8-20(10-13)11-14-5-3-4-6-15(14)17/h3-6,12-13H,7-11H2,1-2H3,(H2,18,19,21)/t13-/m1/s1. The Morgan fingerprint density at radius 3 is 2.90 bits per heavy atom. The predicted molar refractivity (Wildman–Crippen MR) is 81.5 cm³/mol. The van der Waals surface area contributed by atoms with Crippen molar-refractivity contribution in [3.05, 3.63) is 35.6 Å². The monoisotopic (exact) mass is 293 g/mol. The third-order valence-electron chi connectivity index (χ3n) is 3.69. The van der Waals surface area contributed by atoms with E-state index in [1.165, 1.54) is 6.07 Å². The molecule has 2 amide bonds. The maximum atomic E-state index is 13.6. The minimum absolute atomic E-state index is 0.113. The summed E-state index contributed by atoms with van der Waals surface area (Å²) in [5.74, 6) is 0.296. The number of urea groups is 1. The van der Waals surface area contributed by atoms with Crippen LogP contribution in [0.5, 0.6) is 0 Å². The van der Waals surface area contributed by atoms with Crippen LogP contribution >= 0.6 is 0 Å². The summed E-state index contributed by atoms with van der Waals surface area (Å²) in [5, 5.41) is 5.71. The predicted octanol–water partition coefficient (Wildman–Crippen LogP) is 2.36. The van der Waals surface area contributed by atoms with E-state index in [0.29, 0.717) is 19.0 Å². The molecule has 0 spiro atoms. The molecule has 1 saturated heterocycles. The molecule has 4 nitrogen and oxygen atoms in total. The van der Waals surface area contributed by atoms with Gasteiger partial charge >= 0.3 is 6.03 Å². The fourth-order valence-electron chi connectivity index (χ4n) is 2.64. The number of benzene rings is 1. The SMILES string of the molecule is CC(C)NC(=O)NC[C@H]1CCN(Cc2ccccc2F)C1. The minimum atomic E-state index is -0.143. The number of carbonyl (C=O) groups is 1. The lowest BCUT2D eigenvalue weighted by atomic mass is 10.1. The second-order valence-corrected chi connectivity index (χ2v) is 5.99. The van der Waals surface area contributed by atoms with Crippen molar-refractivity contribution in [1.82, 2.24) is 15.5 Å². The van der Waals surface area contributed by atoms with Gasteiger partial charge in [0.15, 0.2) is 0 Å². The fraction of sp³-hybridized carbons (Fsp3) is 0.562. The molecule has 0 unspecified atom stereocenters. The maximum Gasteiger partial charge on any atom is 0.314 e. The van der Waals surface area contributed by atoms with E-state index >= 15 is 0 Å². The molecule has 1 aliphatic heterocycles. The van der Waals surface area contributed by atoms with Gasteiger partial charge in [-0.15, -0.1) is 0 Å². The van der Waals surface area contributed by atoms with Crippen LogP contribution in [0.1, 0.15) is 25.8 Å². The van der Waals surface area contributed by atoms with E-state index < -0.39 is 0 Å². The van der Waals surface area contributed by atoms with Crippen LogP contribution in [-0.4, -0.2) is 36.6 Å². The van der Waals surface area contributed by atoms with Gasteiger partial charge in [0.2, 0.25) is 0 Å². The van der Waals surface area contributed by atoms with Crippen molar-refractivity contribution in [2.45, 2.75) is 32.9 Å². The van der Waals surface area contributed by atoms with Gasteiger partial charge in [0.25, 0.3) is 0 Å². The molecule has 116 valence electrons. The van der Waals surface area contributed by atoms with Crippen molar-refractivity contribution >= 4 is 6.03 Å². The number of rotatable bonds is 5. The number of amides is 2. The largest absolute Gasteiger partial charge is 0.338 e. The van der Waals surface area contributed by atoms with Crippen LogP contribution in [-0.2, 0) is 6.54 Å². The average Bonchev–Trinajstić information content (AvgIpc) is 2.86. The van der Waals surface area contributed by atoms with E-state index in [9.17, 15) is 9.18 Å². The van der Waals surface area contributed by atoms with Crippen molar-refractivity contribution in [3.8, 4) is 0 Å². The molecule has 2 rings (SSSR count). The van der Waals surface area contributed by atoms with Crippen molar-refractivity contribution in [3.63, 3.8) is 0 Å². The molecule has 0 radical (unpaired) electrons. The van der Waals surface area contributed by atoms with Crippen molar-refractivity contribution < 1.29 is 9.18 Å². The molecule has 1 heterocycles. The molecule has 1 fully saturated rings. The van der Waals surface area contributed by atoms with E-state index in [4.69, 9.17) is 0 Å². The summed E-state index contributed by atoms with van der Waals surface area (Å²) in [4.78, 5) is 13.8. The lowest BCUT2D eigenvalue weighted by Gasteiger charge is -2.17. The number of nitrogens with zero attached hydrogens (tertiary/aromatic N) is 1.